The molecule has 0 saturated heterocycles. The number of phenols is 1. The Bertz CT molecular complexity index is 1690. The van der Waals surface area contributed by atoms with Crippen molar-refractivity contribution in [1.29, 1.82) is 0 Å². The normalized spacial score (nSPS) is 11.7. The molecule has 37 heavy (non-hydrogen) atoms. The van der Waals surface area contributed by atoms with Crippen molar-refractivity contribution >= 4 is 67.1 Å². The van der Waals surface area contributed by atoms with Crippen molar-refractivity contribution in [2.24, 2.45) is 10.2 Å². The highest BCUT2D eigenvalue weighted by molar-refractivity contribution is 7.86. The van der Waals surface area contributed by atoms with Crippen molar-refractivity contribution in [2.75, 3.05) is 12.4 Å². The molecule has 9 nitrogen and oxygen atoms in total. The summed E-state index contributed by atoms with van der Waals surface area (Å²) in [5.74, 6) is -0.793. The molecule has 0 heterocycles. The van der Waals surface area contributed by atoms with E-state index in [-0.39, 0.29) is 22.0 Å². The summed E-state index contributed by atoms with van der Waals surface area (Å²) in [4.78, 5) is 12.6. The van der Waals surface area contributed by atoms with E-state index in [1.807, 2.05) is 0 Å². The van der Waals surface area contributed by atoms with Gasteiger partial charge in [0.25, 0.3) is 16.0 Å². The van der Waals surface area contributed by atoms with E-state index in [2.05, 4.69) is 15.5 Å². The quantitative estimate of drug-likeness (QED) is 0.170. The third kappa shape index (κ3) is 5.52. The number of benzene rings is 4. The fraction of sp³-hybridized carbons (Fsp3) is 0.0800. The van der Waals surface area contributed by atoms with E-state index in [4.69, 9.17) is 27.9 Å². The smallest absolute Gasteiger partial charge is 0.296 e. The number of azo groups is 1. The van der Waals surface area contributed by atoms with Crippen molar-refractivity contribution in [3.05, 3.63) is 81.8 Å². The number of hydrogen-bond donors (Lipinski definition) is 3. The number of anilines is 1. The van der Waals surface area contributed by atoms with Gasteiger partial charge in [-0.05, 0) is 48.2 Å². The van der Waals surface area contributed by atoms with Crippen LogP contribution in [-0.4, -0.2) is 31.1 Å². The summed E-state index contributed by atoms with van der Waals surface area (Å²) in [7, 11) is -3.19. The molecule has 0 saturated carbocycles. The van der Waals surface area contributed by atoms with E-state index in [9.17, 15) is 22.9 Å². The summed E-state index contributed by atoms with van der Waals surface area (Å²) in [6.45, 7) is 1.59. The SMILES string of the molecule is COc1cc(Cl)ccc1NC(=O)c1cc2ccccc2c(N=Nc2cc(C)cc(S(=O)(=O)O)c2Cl)c1O. The number of nitrogens with zero attached hydrogens (tertiary/aromatic N) is 2. The van der Waals surface area contributed by atoms with E-state index in [1.54, 1.807) is 43.3 Å². The Kier molecular flexibility index (Phi) is 7.37. The highest BCUT2D eigenvalue weighted by Crippen LogP contribution is 2.41. The van der Waals surface area contributed by atoms with Gasteiger partial charge in [0.2, 0.25) is 0 Å². The molecule has 12 heteroatoms. The number of aryl methyl sites for hydroxylation is 1. The van der Waals surface area contributed by atoms with Crippen LogP contribution >= 0.6 is 23.2 Å². The second-order valence-corrected chi connectivity index (χ2v) is 10.1. The maximum absolute atomic E-state index is 13.2. The number of ether oxygens (including phenoxy) is 1. The molecule has 190 valence electrons. The first-order chi connectivity index (χ1) is 17.5. The van der Waals surface area contributed by atoms with Gasteiger partial charge < -0.3 is 15.2 Å². The van der Waals surface area contributed by atoms with E-state index in [1.165, 1.54) is 31.4 Å². The maximum atomic E-state index is 13.2. The lowest BCUT2D eigenvalue weighted by atomic mass is 10.0. The highest BCUT2D eigenvalue weighted by atomic mass is 35.5. The van der Waals surface area contributed by atoms with Crippen LogP contribution in [0.3, 0.4) is 0 Å². The Balaban J connectivity index is 1.82. The molecule has 0 bridgehead atoms. The number of methoxy groups -OCH3 is 1. The van der Waals surface area contributed by atoms with E-state index < -0.39 is 26.7 Å². The van der Waals surface area contributed by atoms with Crippen LogP contribution < -0.4 is 10.1 Å². The standard InChI is InChI=1S/C25H19Cl2N3O6S/c1-13-9-19(22(27)21(10-13)37(33,34)35)29-30-23-16-6-4-3-5-14(16)11-17(24(23)31)25(32)28-18-8-7-15(26)12-20(18)36-2/h3-12,31H,1-2H3,(H,28,32)(H,33,34,35). The Morgan fingerprint density at radius 2 is 1.76 bits per heavy atom. The van der Waals surface area contributed by atoms with Crippen molar-refractivity contribution in [3.63, 3.8) is 0 Å². The van der Waals surface area contributed by atoms with Crippen LogP contribution in [0.5, 0.6) is 11.5 Å². The van der Waals surface area contributed by atoms with Gasteiger partial charge in [-0.2, -0.15) is 8.42 Å². The van der Waals surface area contributed by atoms with E-state index in [0.717, 1.165) is 0 Å². The Labute approximate surface area is 222 Å². The van der Waals surface area contributed by atoms with Gasteiger partial charge in [0.1, 0.15) is 22.0 Å². The first-order valence-electron chi connectivity index (χ1n) is 10.6. The third-order valence-electron chi connectivity index (χ3n) is 5.35. The predicted molar refractivity (Wildman–Crippen MR) is 142 cm³/mol. The number of amides is 1. The topological polar surface area (TPSA) is 138 Å². The molecule has 0 unspecified atom stereocenters. The predicted octanol–water partition coefficient (Wildman–Crippen LogP) is 7.08. The summed E-state index contributed by atoms with van der Waals surface area (Å²) >= 11 is 12.1. The molecule has 0 radical (unpaired) electrons. The van der Waals surface area contributed by atoms with Crippen LogP contribution in [0, 0.1) is 6.92 Å². The van der Waals surface area contributed by atoms with Gasteiger partial charge in [-0.15, -0.1) is 10.2 Å². The summed E-state index contributed by atoms with van der Waals surface area (Å²) in [6, 6.07) is 15.7. The first kappa shape index (κ1) is 26.4. The highest BCUT2D eigenvalue weighted by Gasteiger charge is 2.21. The number of halogens is 2. The Morgan fingerprint density at radius 1 is 1.03 bits per heavy atom. The largest absolute Gasteiger partial charge is 0.505 e. The average Bonchev–Trinajstić information content (AvgIpc) is 2.85. The van der Waals surface area contributed by atoms with Gasteiger partial charge in [-0.1, -0.05) is 47.5 Å². The number of fused-ring (bicyclic) bond motifs is 1. The van der Waals surface area contributed by atoms with Gasteiger partial charge in [0.05, 0.1) is 23.4 Å². The molecule has 0 aliphatic rings. The van der Waals surface area contributed by atoms with E-state index in [0.29, 0.717) is 32.8 Å². The molecule has 0 fully saturated rings. The van der Waals surface area contributed by atoms with E-state index >= 15 is 0 Å². The number of phenolic OH excluding ortho intramolecular Hbond substituents is 1. The number of hydrogen-bond acceptors (Lipinski definition) is 7. The number of aromatic hydroxyl groups is 1. The monoisotopic (exact) mass is 559 g/mol. The van der Waals surface area contributed by atoms with Gasteiger partial charge >= 0.3 is 0 Å². The van der Waals surface area contributed by atoms with Crippen LogP contribution in [0.4, 0.5) is 17.1 Å². The van der Waals surface area contributed by atoms with Gasteiger partial charge in [-0.3, -0.25) is 9.35 Å². The summed E-state index contributed by atoms with van der Waals surface area (Å²) in [5, 5.41) is 23.0. The first-order valence-corrected chi connectivity index (χ1v) is 12.8. The van der Waals surface area contributed by atoms with Crippen molar-refractivity contribution in [3.8, 4) is 11.5 Å². The molecule has 1 amide bonds. The van der Waals surface area contributed by atoms with Crippen LogP contribution in [0.1, 0.15) is 15.9 Å². The zero-order valence-electron chi connectivity index (χ0n) is 19.4. The average molecular weight is 560 g/mol. The molecule has 0 aliphatic heterocycles. The summed E-state index contributed by atoms with van der Waals surface area (Å²) < 4.78 is 38.1. The summed E-state index contributed by atoms with van der Waals surface area (Å²) in [5.41, 5.74) is 0.580. The lowest BCUT2D eigenvalue weighted by molar-refractivity contribution is 0.102. The minimum Gasteiger partial charge on any atom is -0.505 e. The molecule has 3 N–H and O–H groups in total. The molecule has 4 aromatic carbocycles. The lowest BCUT2D eigenvalue weighted by Crippen LogP contribution is -2.13. The minimum absolute atomic E-state index is 0.0442. The Hall–Kier alpha value is -3.70. The number of carbonyl (C=O) groups excluding carboxylic acids is 1. The molecule has 0 aromatic heterocycles. The molecule has 4 rings (SSSR count). The fourth-order valence-corrected chi connectivity index (χ4v) is 4.90. The van der Waals surface area contributed by atoms with Crippen molar-refractivity contribution in [1.82, 2.24) is 0 Å². The van der Waals surface area contributed by atoms with Crippen molar-refractivity contribution < 1.29 is 27.6 Å². The third-order valence-corrected chi connectivity index (χ3v) is 6.97. The van der Waals surface area contributed by atoms with Crippen molar-refractivity contribution in [2.45, 2.75) is 11.8 Å². The molecular formula is C25H19Cl2N3O6S. The molecule has 0 atom stereocenters. The molecular weight excluding hydrogens is 541 g/mol. The number of rotatable bonds is 6. The van der Waals surface area contributed by atoms with Gasteiger partial charge in [-0.25, -0.2) is 0 Å². The fourth-order valence-electron chi connectivity index (χ4n) is 3.63. The minimum atomic E-state index is -4.61. The van der Waals surface area contributed by atoms with Gasteiger partial charge in [0.15, 0.2) is 5.75 Å². The zero-order chi connectivity index (χ0) is 26.9. The molecule has 4 aromatic rings. The number of nitrogens with one attached hydrogen (secondary N) is 1. The lowest BCUT2D eigenvalue weighted by Gasteiger charge is -2.13. The zero-order valence-corrected chi connectivity index (χ0v) is 21.7. The maximum Gasteiger partial charge on any atom is 0.296 e. The Morgan fingerprint density at radius 3 is 2.46 bits per heavy atom. The number of carbonyl (C=O) groups is 1. The second kappa shape index (κ2) is 10.3. The summed E-state index contributed by atoms with van der Waals surface area (Å²) in [6.07, 6.45) is 0. The van der Waals surface area contributed by atoms with Gasteiger partial charge in [0, 0.05) is 16.5 Å². The van der Waals surface area contributed by atoms with Crippen LogP contribution in [0.2, 0.25) is 10.0 Å². The van der Waals surface area contributed by atoms with Crippen LogP contribution in [0.15, 0.2) is 75.8 Å². The molecule has 0 aliphatic carbocycles. The van der Waals surface area contributed by atoms with Crippen LogP contribution in [0.25, 0.3) is 10.8 Å². The second-order valence-electron chi connectivity index (χ2n) is 7.91. The molecule has 0 spiro atoms. The van der Waals surface area contributed by atoms with Crippen LogP contribution in [-0.2, 0) is 10.1 Å².